The summed E-state index contributed by atoms with van der Waals surface area (Å²) in [6.07, 6.45) is -3.77. The van der Waals surface area contributed by atoms with Gasteiger partial charge in [0.25, 0.3) is 17.4 Å². The zero-order chi connectivity index (χ0) is 29.9. The number of hydrogen-bond donors (Lipinski definition) is 2. The largest absolute Gasteiger partial charge is 0.497 e. The highest BCUT2D eigenvalue weighted by Crippen LogP contribution is 2.41. The van der Waals surface area contributed by atoms with Crippen molar-refractivity contribution in [3.05, 3.63) is 83.0 Å². The van der Waals surface area contributed by atoms with E-state index in [0.717, 1.165) is 36.4 Å². The number of nitrogens with zero attached hydrogens (tertiary/aromatic N) is 3. The number of ether oxygens (including phenoxy) is 1. The normalized spacial score (nSPS) is 15.7. The Labute approximate surface area is 236 Å². The summed E-state index contributed by atoms with van der Waals surface area (Å²) in [5.41, 5.74) is -2.20. The summed E-state index contributed by atoms with van der Waals surface area (Å²) in [4.78, 5) is 33.5. The minimum absolute atomic E-state index is 0.0784. The van der Waals surface area contributed by atoms with Crippen LogP contribution in [0.15, 0.2) is 60.7 Å². The summed E-state index contributed by atoms with van der Waals surface area (Å²) >= 11 is 0. The zero-order valence-electron chi connectivity index (χ0n) is 23.3. The number of alkyl halides is 3. The van der Waals surface area contributed by atoms with E-state index in [-0.39, 0.29) is 23.3 Å². The van der Waals surface area contributed by atoms with Crippen LogP contribution in [0, 0.1) is 6.92 Å². The zero-order valence-corrected chi connectivity index (χ0v) is 23.3. The Morgan fingerprint density at radius 1 is 1.05 bits per heavy atom. The molecule has 0 unspecified atom stereocenters. The number of halogens is 3. The van der Waals surface area contributed by atoms with Crippen molar-refractivity contribution in [2.75, 3.05) is 44.5 Å². The van der Waals surface area contributed by atoms with E-state index in [9.17, 15) is 27.9 Å². The average molecular weight is 571 g/mol. The van der Waals surface area contributed by atoms with Crippen molar-refractivity contribution in [1.82, 2.24) is 9.88 Å². The number of carbonyl (C=O) groups excluding carboxylic acids is 2. The predicted octanol–water partition coefficient (Wildman–Crippen LogP) is 4.87. The molecule has 1 saturated heterocycles. The van der Waals surface area contributed by atoms with Gasteiger partial charge in [-0.1, -0.05) is 24.3 Å². The van der Waals surface area contributed by atoms with E-state index in [1.54, 1.807) is 39.2 Å². The molecule has 0 aliphatic carbocycles. The maximum Gasteiger partial charge on any atom is 0.430 e. The molecule has 2 amide bonds. The number of anilines is 2. The monoisotopic (exact) mass is 570 g/mol. The van der Waals surface area contributed by atoms with E-state index in [1.165, 1.54) is 30.2 Å². The van der Waals surface area contributed by atoms with E-state index < -0.39 is 23.2 Å². The van der Waals surface area contributed by atoms with Crippen LogP contribution in [-0.4, -0.2) is 67.3 Å². The molecule has 1 aliphatic rings. The molecule has 0 spiro atoms. The highest BCUT2D eigenvalue weighted by Gasteiger charge is 2.61. The molecule has 2 aromatic carbocycles. The van der Waals surface area contributed by atoms with Crippen LogP contribution in [0.25, 0.3) is 0 Å². The Hall–Kier alpha value is -4.12. The fourth-order valence-electron chi connectivity index (χ4n) is 5.00. The quantitative estimate of drug-likeness (QED) is 0.421. The number of aryl methyl sites for hydroxylation is 1. The molecule has 2 N–H and O–H groups in total. The fourth-order valence-corrected chi connectivity index (χ4v) is 5.00. The van der Waals surface area contributed by atoms with Crippen LogP contribution in [0.1, 0.15) is 45.9 Å². The Balaban J connectivity index is 1.47. The van der Waals surface area contributed by atoms with Crippen LogP contribution in [0.2, 0.25) is 0 Å². The lowest BCUT2D eigenvalue weighted by molar-refractivity contribution is -0.254. The minimum atomic E-state index is -5.28. The number of benzene rings is 2. The van der Waals surface area contributed by atoms with E-state index in [0.29, 0.717) is 24.3 Å². The molecule has 2 heterocycles. The van der Waals surface area contributed by atoms with E-state index >= 15 is 0 Å². The van der Waals surface area contributed by atoms with Crippen molar-refractivity contribution in [1.29, 1.82) is 0 Å². The van der Waals surface area contributed by atoms with Crippen molar-refractivity contribution in [2.45, 2.75) is 37.5 Å². The third-order valence-corrected chi connectivity index (χ3v) is 7.37. The van der Waals surface area contributed by atoms with Crippen molar-refractivity contribution in [3.8, 4) is 5.75 Å². The molecule has 8 nitrogen and oxygen atoms in total. The van der Waals surface area contributed by atoms with Gasteiger partial charge in [-0.3, -0.25) is 9.59 Å². The first-order valence-electron chi connectivity index (χ1n) is 13.1. The maximum absolute atomic E-state index is 14.1. The molecule has 0 saturated carbocycles. The van der Waals surface area contributed by atoms with Crippen LogP contribution < -0.4 is 15.0 Å². The number of aromatic nitrogens is 1. The van der Waals surface area contributed by atoms with Crippen molar-refractivity contribution >= 4 is 23.3 Å². The van der Waals surface area contributed by atoms with Gasteiger partial charge in [0.1, 0.15) is 11.6 Å². The van der Waals surface area contributed by atoms with Gasteiger partial charge in [0.15, 0.2) is 0 Å². The number of carbonyl (C=O) groups is 2. The molecule has 0 bridgehead atoms. The molecule has 11 heteroatoms. The summed E-state index contributed by atoms with van der Waals surface area (Å²) < 4.78 is 47.2. The number of pyridine rings is 1. The van der Waals surface area contributed by atoms with Gasteiger partial charge in [-0.25, -0.2) is 4.98 Å². The first kappa shape index (κ1) is 29.9. The maximum atomic E-state index is 14.1. The Morgan fingerprint density at radius 3 is 2.34 bits per heavy atom. The highest BCUT2D eigenvalue weighted by atomic mass is 19.4. The van der Waals surface area contributed by atoms with E-state index in [4.69, 9.17) is 4.74 Å². The number of aliphatic hydroxyl groups is 1. The lowest BCUT2D eigenvalue weighted by Gasteiger charge is -2.33. The molecule has 1 atom stereocenters. The van der Waals surface area contributed by atoms with Crippen LogP contribution in [0.5, 0.6) is 5.75 Å². The number of methoxy groups -OCH3 is 1. The van der Waals surface area contributed by atoms with Gasteiger partial charge in [0, 0.05) is 38.4 Å². The third-order valence-electron chi connectivity index (χ3n) is 7.37. The smallest absolute Gasteiger partial charge is 0.430 e. The molecule has 1 aromatic heterocycles. The van der Waals surface area contributed by atoms with Crippen LogP contribution in [0.3, 0.4) is 0 Å². The molecule has 218 valence electrons. The molecular weight excluding hydrogens is 537 g/mol. The predicted molar refractivity (Wildman–Crippen MR) is 149 cm³/mol. The Kier molecular flexibility index (Phi) is 8.58. The summed E-state index contributed by atoms with van der Waals surface area (Å²) in [6.45, 7) is 3.19. The molecule has 4 rings (SSSR count). The van der Waals surface area contributed by atoms with Gasteiger partial charge in [-0.2, -0.15) is 13.2 Å². The highest BCUT2D eigenvalue weighted by molar-refractivity contribution is 5.98. The second-order valence-corrected chi connectivity index (χ2v) is 10.3. The molecule has 3 aromatic rings. The number of amides is 2. The number of nitrogens with one attached hydrogen (secondary N) is 1. The van der Waals surface area contributed by atoms with E-state index in [1.807, 2.05) is 12.1 Å². The molecule has 41 heavy (non-hydrogen) atoms. The first-order chi connectivity index (χ1) is 19.3. The topological polar surface area (TPSA) is 95.0 Å². The SMILES string of the molecule is COc1cccc([C@@](O)(C(=O)Nc2cccc(C3CCN(c4ccc(C(=O)N(C)C)c(C)n4)CC3)c2)C(F)(F)F)c1. The first-order valence-corrected chi connectivity index (χ1v) is 13.1. The van der Waals surface area contributed by atoms with Gasteiger partial charge in [-0.05, 0) is 67.6 Å². The standard InChI is InChI=1S/C30H33F3N4O4/c1-19-25(27(38)36(2)3)11-12-26(34-19)37-15-13-20(14-16-37)21-7-5-9-23(17-21)35-28(39)29(40,30(31,32)33)22-8-6-10-24(18-22)41-4/h5-12,17-18,20,40H,13-16H2,1-4H3,(H,35,39)/t29-/m1/s1. The lowest BCUT2D eigenvalue weighted by Crippen LogP contribution is -2.52. The van der Waals surface area contributed by atoms with Gasteiger partial charge in [0.2, 0.25) is 0 Å². The van der Waals surface area contributed by atoms with Crippen LogP contribution in [-0.2, 0) is 10.4 Å². The molecule has 1 fully saturated rings. The van der Waals surface area contributed by atoms with E-state index in [2.05, 4.69) is 15.2 Å². The number of hydrogen-bond acceptors (Lipinski definition) is 6. The van der Waals surface area contributed by atoms with Crippen molar-refractivity contribution in [3.63, 3.8) is 0 Å². The third kappa shape index (κ3) is 6.14. The van der Waals surface area contributed by atoms with Crippen LogP contribution in [0.4, 0.5) is 24.7 Å². The van der Waals surface area contributed by atoms with Gasteiger partial charge in [-0.15, -0.1) is 0 Å². The lowest BCUT2D eigenvalue weighted by atomic mass is 9.89. The minimum Gasteiger partial charge on any atom is -0.497 e. The number of piperidine rings is 1. The summed E-state index contributed by atoms with van der Waals surface area (Å²) in [7, 11) is 4.67. The van der Waals surface area contributed by atoms with Gasteiger partial charge < -0.3 is 25.0 Å². The van der Waals surface area contributed by atoms with Gasteiger partial charge >= 0.3 is 6.18 Å². The Bertz CT molecular complexity index is 1420. The van der Waals surface area contributed by atoms with Crippen molar-refractivity contribution in [2.24, 2.45) is 0 Å². The van der Waals surface area contributed by atoms with Crippen molar-refractivity contribution < 1.29 is 32.6 Å². The second kappa shape index (κ2) is 11.8. The fraction of sp³-hybridized carbons (Fsp3) is 0.367. The van der Waals surface area contributed by atoms with Crippen LogP contribution >= 0.6 is 0 Å². The molecule has 0 radical (unpaired) electrons. The Morgan fingerprint density at radius 2 is 1.73 bits per heavy atom. The average Bonchev–Trinajstić information content (AvgIpc) is 2.95. The molecular formula is C30H33F3N4O4. The number of rotatable bonds is 7. The summed E-state index contributed by atoms with van der Waals surface area (Å²) in [6, 6.07) is 15.0. The second-order valence-electron chi connectivity index (χ2n) is 10.3. The molecule has 1 aliphatic heterocycles. The van der Waals surface area contributed by atoms with Gasteiger partial charge in [0.05, 0.1) is 18.4 Å². The summed E-state index contributed by atoms with van der Waals surface area (Å²) in [5, 5.41) is 13.0. The summed E-state index contributed by atoms with van der Waals surface area (Å²) in [5.74, 6) is -0.748.